The van der Waals surface area contributed by atoms with Crippen molar-refractivity contribution in [2.45, 2.75) is 26.3 Å². The highest BCUT2D eigenvalue weighted by Gasteiger charge is 2.27. The van der Waals surface area contributed by atoms with Crippen LogP contribution in [0.4, 0.5) is 5.95 Å². The van der Waals surface area contributed by atoms with Crippen LogP contribution in [0.5, 0.6) is 0 Å². The highest BCUT2D eigenvalue weighted by atomic mass is 16.1. The van der Waals surface area contributed by atoms with Crippen LogP contribution in [-0.2, 0) is 11.3 Å². The molecule has 6 heteroatoms. The van der Waals surface area contributed by atoms with Crippen molar-refractivity contribution in [3.8, 4) is 11.1 Å². The number of rotatable bonds is 9. The lowest BCUT2D eigenvalue weighted by atomic mass is 9.97. The minimum atomic E-state index is -0.0275. The number of carbonyl (C=O) groups is 1. The van der Waals surface area contributed by atoms with Crippen molar-refractivity contribution in [2.24, 2.45) is 5.92 Å². The summed E-state index contributed by atoms with van der Waals surface area (Å²) in [6.45, 7) is 7.08. The van der Waals surface area contributed by atoms with E-state index in [1.807, 2.05) is 36.7 Å². The van der Waals surface area contributed by atoms with Crippen LogP contribution < -0.4 is 10.2 Å². The van der Waals surface area contributed by atoms with Crippen LogP contribution in [0.1, 0.15) is 25.3 Å². The summed E-state index contributed by atoms with van der Waals surface area (Å²) in [6.07, 6.45) is 5.61. The van der Waals surface area contributed by atoms with Gasteiger partial charge in [-0.2, -0.15) is 0 Å². The zero-order chi connectivity index (χ0) is 22.9. The van der Waals surface area contributed by atoms with Crippen molar-refractivity contribution in [1.82, 2.24) is 20.2 Å². The SMILES string of the molecule is CCN(CCNC(=O)C1CCCN(c2ncc(-c3ccccc3)cn2)C1)Cc1ccccc1. The Hall–Kier alpha value is -3.25. The number of hydrogen-bond acceptors (Lipinski definition) is 5. The number of piperidine rings is 1. The second kappa shape index (κ2) is 11.6. The summed E-state index contributed by atoms with van der Waals surface area (Å²) in [5.41, 5.74) is 3.40. The van der Waals surface area contributed by atoms with Gasteiger partial charge in [-0.1, -0.05) is 67.6 Å². The molecule has 1 aromatic heterocycles. The zero-order valence-corrected chi connectivity index (χ0v) is 19.4. The minimum absolute atomic E-state index is 0.0275. The molecular weight excluding hydrogens is 410 g/mol. The van der Waals surface area contributed by atoms with Gasteiger partial charge >= 0.3 is 0 Å². The molecule has 172 valence electrons. The molecule has 2 heterocycles. The maximum Gasteiger partial charge on any atom is 0.225 e. The van der Waals surface area contributed by atoms with E-state index in [0.29, 0.717) is 19.0 Å². The zero-order valence-electron chi connectivity index (χ0n) is 19.4. The third-order valence-electron chi connectivity index (χ3n) is 6.24. The molecule has 6 nitrogen and oxygen atoms in total. The number of anilines is 1. The molecule has 0 spiro atoms. The highest BCUT2D eigenvalue weighted by molar-refractivity contribution is 5.79. The maximum absolute atomic E-state index is 12.8. The molecule has 1 N–H and O–H groups in total. The molecule has 0 saturated carbocycles. The van der Waals surface area contributed by atoms with Gasteiger partial charge in [-0.05, 0) is 30.5 Å². The lowest BCUT2D eigenvalue weighted by Crippen LogP contribution is -2.45. The fraction of sp³-hybridized carbons (Fsp3) is 0.370. The summed E-state index contributed by atoms with van der Waals surface area (Å²) in [5.74, 6) is 0.809. The lowest BCUT2D eigenvalue weighted by molar-refractivity contribution is -0.125. The van der Waals surface area contributed by atoms with E-state index in [4.69, 9.17) is 0 Å². The van der Waals surface area contributed by atoms with Gasteiger partial charge in [0.1, 0.15) is 0 Å². The third-order valence-corrected chi connectivity index (χ3v) is 6.24. The maximum atomic E-state index is 12.8. The normalized spacial score (nSPS) is 16.1. The predicted molar refractivity (Wildman–Crippen MR) is 133 cm³/mol. The van der Waals surface area contributed by atoms with Crippen molar-refractivity contribution < 1.29 is 4.79 Å². The Bertz CT molecular complexity index is 994. The predicted octanol–water partition coefficient (Wildman–Crippen LogP) is 4.00. The second-order valence-corrected chi connectivity index (χ2v) is 8.57. The summed E-state index contributed by atoms with van der Waals surface area (Å²) in [6, 6.07) is 20.6. The number of carbonyl (C=O) groups excluding carboxylic acids is 1. The first-order valence-corrected chi connectivity index (χ1v) is 11.9. The molecule has 2 aromatic carbocycles. The highest BCUT2D eigenvalue weighted by Crippen LogP contribution is 2.22. The average Bonchev–Trinajstić information content (AvgIpc) is 2.89. The van der Waals surface area contributed by atoms with Crippen molar-refractivity contribution in [3.05, 3.63) is 78.6 Å². The summed E-state index contributed by atoms with van der Waals surface area (Å²) in [7, 11) is 0. The van der Waals surface area contributed by atoms with Crippen LogP contribution in [-0.4, -0.2) is 53.5 Å². The Kier molecular flexibility index (Phi) is 8.04. The molecule has 0 aliphatic carbocycles. The molecule has 1 aliphatic heterocycles. The summed E-state index contributed by atoms with van der Waals surface area (Å²) in [5, 5.41) is 3.16. The smallest absolute Gasteiger partial charge is 0.225 e. The average molecular weight is 444 g/mol. The third kappa shape index (κ3) is 6.39. The molecule has 1 aliphatic rings. The van der Waals surface area contributed by atoms with Crippen molar-refractivity contribution in [2.75, 3.05) is 37.6 Å². The fourth-order valence-corrected chi connectivity index (χ4v) is 4.31. The van der Waals surface area contributed by atoms with E-state index in [9.17, 15) is 4.79 Å². The summed E-state index contributed by atoms with van der Waals surface area (Å²) < 4.78 is 0. The van der Waals surface area contributed by atoms with Crippen LogP contribution in [0.3, 0.4) is 0 Å². The van der Waals surface area contributed by atoms with Crippen LogP contribution >= 0.6 is 0 Å². The Morgan fingerprint density at radius 3 is 2.42 bits per heavy atom. The van der Waals surface area contributed by atoms with Crippen LogP contribution in [0, 0.1) is 5.92 Å². The molecule has 1 unspecified atom stereocenters. The second-order valence-electron chi connectivity index (χ2n) is 8.57. The number of likely N-dealkylation sites (N-methyl/N-ethyl adjacent to an activating group) is 1. The molecule has 1 saturated heterocycles. The van der Waals surface area contributed by atoms with Crippen LogP contribution in [0.25, 0.3) is 11.1 Å². The molecule has 1 fully saturated rings. The molecule has 1 amide bonds. The van der Waals surface area contributed by atoms with Crippen molar-refractivity contribution in [1.29, 1.82) is 0 Å². The number of nitrogens with one attached hydrogen (secondary N) is 1. The van der Waals surface area contributed by atoms with Gasteiger partial charge in [-0.3, -0.25) is 9.69 Å². The van der Waals surface area contributed by atoms with E-state index >= 15 is 0 Å². The van der Waals surface area contributed by atoms with Crippen molar-refractivity contribution >= 4 is 11.9 Å². The molecule has 1 atom stereocenters. The van der Waals surface area contributed by atoms with Crippen LogP contribution in [0.2, 0.25) is 0 Å². The first kappa shape index (κ1) is 22.9. The van der Waals surface area contributed by atoms with E-state index in [2.05, 4.69) is 68.4 Å². The van der Waals surface area contributed by atoms with E-state index in [0.717, 1.165) is 50.1 Å². The Balaban J connectivity index is 1.27. The van der Waals surface area contributed by atoms with E-state index in [-0.39, 0.29) is 11.8 Å². The van der Waals surface area contributed by atoms with E-state index in [1.54, 1.807) is 0 Å². The molecular formula is C27H33N5O. The number of hydrogen-bond donors (Lipinski definition) is 1. The standard InChI is InChI=1S/C27H33N5O/c1-2-31(20-22-10-5-3-6-11-22)17-15-28-26(33)24-14-9-16-32(21-24)27-29-18-25(19-30-27)23-12-7-4-8-13-23/h3-8,10-13,18-19,24H,2,9,14-17,20-21H2,1H3,(H,28,33). The summed E-state index contributed by atoms with van der Waals surface area (Å²) >= 11 is 0. The van der Waals surface area contributed by atoms with Gasteiger partial charge in [0.2, 0.25) is 11.9 Å². The number of aromatic nitrogens is 2. The van der Waals surface area contributed by atoms with Gasteiger partial charge in [0, 0.05) is 50.7 Å². The Morgan fingerprint density at radius 1 is 1.03 bits per heavy atom. The minimum Gasteiger partial charge on any atom is -0.355 e. The topological polar surface area (TPSA) is 61.4 Å². The molecule has 3 aromatic rings. The number of nitrogens with zero attached hydrogens (tertiary/aromatic N) is 4. The van der Waals surface area contributed by atoms with Gasteiger partial charge in [-0.15, -0.1) is 0 Å². The Labute approximate surface area is 196 Å². The Morgan fingerprint density at radius 2 is 1.73 bits per heavy atom. The van der Waals surface area contributed by atoms with E-state index < -0.39 is 0 Å². The molecule has 4 rings (SSSR count). The fourth-order valence-electron chi connectivity index (χ4n) is 4.31. The first-order chi connectivity index (χ1) is 16.2. The molecule has 0 radical (unpaired) electrons. The molecule has 0 bridgehead atoms. The van der Waals surface area contributed by atoms with Gasteiger partial charge in [-0.25, -0.2) is 9.97 Å². The van der Waals surface area contributed by atoms with Crippen molar-refractivity contribution in [3.63, 3.8) is 0 Å². The van der Waals surface area contributed by atoms with Gasteiger partial charge in [0.05, 0.1) is 5.92 Å². The number of benzene rings is 2. The lowest BCUT2D eigenvalue weighted by Gasteiger charge is -2.32. The van der Waals surface area contributed by atoms with Crippen LogP contribution in [0.15, 0.2) is 73.1 Å². The summed E-state index contributed by atoms with van der Waals surface area (Å²) in [4.78, 5) is 26.5. The monoisotopic (exact) mass is 443 g/mol. The quantitative estimate of drug-likeness (QED) is 0.542. The van der Waals surface area contributed by atoms with E-state index in [1.165, 1.54) is 5.56 Å². The van der Waals surface area contributed by atoms with Gasteiger partial charge in [0.25, 0.3) is 0 Å². The first-order valence-electron chi connectivity index (χ1n) is 11.9. The largest absolute Gasteiger partial charge is 0.355 e. The van der Waals surface area contributed by atoms with Gasteiger partial charge < -0.3 is 10.2 Å². The number of amides is 1. The van der Waals surface area contributed by atoms with Gasteiger partial charge in [0.15, 0.2) is 0 Å². The molecule has 33 heavy (non-hydrogen) atoms.